The molecule has 5 nitrogen and oxygen atoms in total. The Morgan fingerprint density at radius 2 is 1.67 bits per heavy atom. The van der Waals surface area contributed by atoms with E-state index < -0.39 is 24.8 Å². The molecule has 0 aliphatic rings. The maximum Gasteiger partial charge on any atom is 0.330 e. The molecule has 0 spiro atoms. The van der Waals surface area contributed by atoms with Crippen LogP contribution in [0.15, 0.2) is 11.6 Å². The van der Waals surface area contributed by atoms with E-state index in [1.165, 1.54) is 25.3 Å². The minimum absolute atomic E-state index is 0.322. The summed E-state index contributed by atoms with van der Waals surface area (Å²) in [7, 11) is 0. The van der Waals surface area contributed by atoms with Crippen LogP contribution < -0.4 is 0 Å². The average Bonchev–Trinajstić information content (AvgIpc) is 2.51. The summed E-state index contributed by atoms with van der Waals surface area (Å²) in [4.78, 5) is 11.6. The molecule has 0 saturated carbocycles. The van der Waals surface area contributed by atoms with E-state index in [9.17, 15) is 15.0 Å². The first-order chi connectivity index (χ1) is 11.3. The fraction of sp³-hybridized carbons (Fsp3) is 0.842. The maximum absolute atomic E-state index is 11.6. The number of hydrogen-bond donors (Lipinski definition) is 3. The number of hydrogen-bond acceptors (Lipinski definition) is 5. The van der Waals surface area contributed by atoms with Crippen molar-refractivity contribution in [3.05, 3.63) is 11.6 Å². The summed E-state index contributed by atoms with van der Waals surface area (Å²) in [5, 5.41) is 27.3. The molecule has 0 aliphatic carbocycles. The van der Waals surface area contributed by atoms with Crippen LogP contribution in [-0.2, 0) is 9.53 Å². The Kier molecular flexibility index (Phi) is 12.9. The zero-order chi connectivity index (χ0) is 18.5. The molecule has 0 amide bonds. The number of ether oxygens (including phenoxy) is 1. The highest BCUT2D eigenvalue weighted by Crippen LogP contribution is 2.19. The highest BCUT2D eigenvalue weighted by molar-refractivity contribution is 5.82. The first kappa shape index (κ1) is 23.1. The number of esters is 1. The fourth-order valence-electron chi connectivity index (χ4n) is 2.46. The zero-order valence-corrected chi connectivity index (χ0v) is 15.7. The van der Waals surface area contributed by atoms with Crippen molar-refractivity contribution in [3.63, 3.8) is 0 Å². The van der Waals surface area contributed by atoms with Crippen molar-refractivity contribution in [1.29, 1.82) is 0 Å². The van der Waals surface area contributed by atoms with Gasteiger partial charge in [-0.25, -0.2) is 4.79 Å². The van der Waals surface area contributed by atoms with Crippen LogP contribution in [0.25, 0.3) is 0 Å². The third-order valence-electron chi connectivity index (χ3n) is 4.14. The first-order valence-electron chi connectivity index (χ1n) is 9.07. The molecule has 0 rings (SSSR count). The molecule has 0 saturated heterocycles. The summed E-state index contributed by atoms with van der Waals surface area (Å²) >= 11 is 0. The molecule has 3 atom stereocenters. The molecular formula is C19H36O5. The molecule has 0 aromatic heterocycles. The third-order valence-corrected chi connectivity index (χ3v) is 4.14. The normalized spacial score (nSPS) is 16.1. The van der Waals surface area contributed by atoms with Crippen molar-refractivity contribution in [3.8, 4) is 0 Å². The van der Waals surface area contributed by atoms with Crippen LogP contribution in [0.2, 0.25) is 0 Å². The highest BCUT2D eigenvalue weighted by atomic mass is 16.5. The summed E-state index contributed by atoms with van der Waals surface area (Å²) in [5.74, 6) is 0.950. The first-order valence-corrected chi connectivity index (χ1v) is 9.07. The van der Waals surface area contributed by atoms with Crippen LogP contribution in [0, 0.1) is 11.8 Å². The quantitative estimate of drug-likeness (QED) is 0.353. The van der Waals surface area contributed by atoms with Gasteiger partial charge in [0.2, 0.25) is 0 Å². The SMILES string of the molecule is C/C(=C\C(=O)OCC(O)C(O)CO)CCCC(C)CCCC(C)C. The zero-order valence-electron chi connectivity index (χ0n) is 15.7. The maximum atomic E-state index is 11.6. The van der Waals surface area contributed by atoms with Crippen molar-refractivity contribution < 1.29 is 24.9 Å². The lowest BCUT2D eigenvalue weighted by Crippen LogP contribution is -2.33. The average molecular weight is 344 g/mol. The Morgan fingerprint density at radius 3 is 2.25 bits per heavy atom. The summed E-state index contributed by atoms with van der Waals surface area (Å²) in [6, 6.07) is 0. The molecular weight excluding hydrogens is 308 g/mol. The van der Waals surface area contributed by atoms with Gasteiger partial charge in [-0.2, -0.15) is 0 Å². The van der Waals surface area contributed by atoms with Crippen LogP contribution in [0.1, 0.15) is 66.2 Å². The predicted molar refractivity (Wildman–Crippen MR) is 95.5 cm³/mol. The summed E-state index contributed by atoms with van der Waals surface area (Å²) in [6.07, 6.45) is 5.75. The summed E-state index contributed by atoms with van der Waals surface area (Å²) < 4.78 is 4.86. The number of allylic oxidation sites excluding steroid dienone is 1. The molecule has 0 aliphatic heterocycles. The smallest absolute Gasteiger partial charge is 0.330 e. The van der Waals surface area contributed by atoms with Gasteiger partial charge in [-0.15, -0.1) is 0 Å². The monoisotopic (exact) mass is 344 g/mol. The van der Waals surface area contributed by atoms with Crippen LogP contribution in [-0.4, -0.2) is 46.7 Å². The highest BCUT2D eigenvalue weighted by Gasteiger charge is 2.16. The number of carbonyl (C=O) groups excluding carboxylic acids is 1. The van der Waals surface area contributed by atoms with Gasteiger partial charge in [0.15, 0.2) is 0 Å². The van der Waals surface area contributed by atoms with Gasteiger partial charge >= 0.3 is 5.97 Å². The third kappa shape index (κ3) is 12.5. The van der Waals surface area contributed by atoms with E-state index in [2.05, 4.69) is 20.8 Å². The van der Waals surface area contributed by atoms with Gasteiger partial charge in [-0.3, -0.25) is 0 Å². The molecule has 0 aromatic carbocycles. The van der Waals surface area contributed by atoms with Crippen LogP contribution >= 0.6 is 0 Å². The van der Waals surface area contributed by atoms with E-state index in [0.717, 1.165) is 30.8 Å². The van der Waals surface area contributed by atoms with Crippen molar-refractivity contribution in [1.82, 2.24) is 0 Å². The van der Waals surface area contributed by atoms with Gasteiger partial charge < -0.3 is 20.1 Å². The van der Waals surface area contributed by atoms with Crippen molar-refractivity contribution in [2.45, 2.75) is 78.4 Å². The lowest BCUT2D eigenvalue weighted by atomic mass is 9.94. The number of rotatable bonds is 13. The van der Waals surface area contributed by atoms with E-state index >= 15 is 0 Å². The van der Waals surface area contributed by atoms with Gasteiger partial charge in [-0.1, -0.05) is 52.0 Å². The molecule has 0 radical (unpaired) electrons. The fourth-order valence-corrected chi connectivity index (χ4v) is 2.46. The molecule has 5 heteroatoms. The second-order valence-corrected chi connectivity index (χ2v) is 7.26. The van der Waals surface area contributed by atoms with E-state index in [4.69, 9.17) is 9.84 Å². The second-order valence-electron chi connectivity index (χ2n) is 7.26. The Balaban J connectivity index is 3.90. The van der Waals surface area contributed by atoms with E-state index in [1.54, 1.807) is 0 Å². The topological polar surface area (TPSA) is 87.0 Å². The van der Waals surface area contributed by atoms with Gasteiger partial charge in [-0.05, 0) is 31.6 Å². The van der Waals surface area contributed by atoms with E-state index in [1.807, 2.05) is 6.92 Å². The van der Waals surface area contributed by atoms with Crippen LogP contribution in [0.5, 0.6) is 0 Å². The van der Waals surface area contributed by atoms with Gasteiger partial charge in [0.1, 0.15) is 18.8 Å². The molecule has 0 heterocycles. The minimum Gasteiger partial charge on any atom is -0.460 e. The predicted octanol–water partition coefficient (Wildman–Crippen LogP) is 2.82. The summed E-state index contributed by atoms with van der Waals surface area (Å²) in [6.45, 7) is 7.79. The van der Waals surface area contributed by atoms with Gasteiger partial charge in [0.25, 0.3) is 0 Å². The second kappa shape index (κ2) is 13.4. The van der Waals surface area contributed by atoms with E-state index in [0.29, 0.717) is 5.92 Å². The van der Waals surface area contributed by atoms with Gasteiger partial charge in [0.05, 0.1) is 6.61 Å². The number of aliphatic hydroxyl groups excluding tert-OH is 3. The Labute approximate surface area is 146 Å². The molecule has 0 aromatic rings. The van der Waals surface area contributed by atoms with Crippen LogP contribution in [0.4, 0.5) is 0 Å². The minimum atomic E-state index is -1.29. The Bertz CT molecular complexity index is 365. The molecule has 3 N–H and O–H groups in total. The molecule has 0 fully saturated rings. The largest absolute Gasteiger partial charge is 0.460 e. The Morgan fingerprint density at radius 1 is 1.04 bits per heavy atom. The number of aliphatic hydroxyl groups is 3. The molecule has 142 valence electrons. The standard InChI is InChI=1S/C19H36O5/c1-14(2)7-5-8-15(3)9-6-10-16(4)11-19(23)24-13-18(22)17(21)12-20/h11,14-15,17-18,20-22H,5-10,12-13H2,1-4H3/b16-11+. The van der Waals surface area contributed by atoms with Crippen molar-refractivity contribution in [2.75, 3.05) is 13.2 Å². The Hall–Kier alpha value is -0.910. The van der Waals surface area contributed by atoms with Crippen molar-refractivity contribution in [2.24, 2.45) is 11.8 Å². The van der Waals surface area contributed by atoms with Crippen LogP contribution in [0.3, 0.4) is 0 Å². The molecule has 3 unspecified atom stereocenters. The van der Waals surface area contributed by atoms with Crippen molar-refractivity contribution >= 4 is 5.97 Å². The molecule has 24 heavy (non-hydrogen) atoms. The van der Waals surface area contributed by atoms with Gasteiger partial charge in [0, 0.05) is 6.08 Å². The molecule has 0 bridgehead atoms. The number of carbonyl (C=O) groups is 1. The van der Waals surface area contributed by atoms with E-state index in [-0.39, 0.29) is 6.61 Å². The lowest BCUT2D eigenvalue weighted by Gasteiger charge is -2.15. The lowest BCUT2D eigenvalue weighted by molar-refractivity contribution is -0.143. The summed E-state index contributed by atoms with van der Waals surface area (Å²) in [5.41, 5.74) is 0.951.